The summed E-state index contributed by atoms with van der Waals surface area (Å²) < 4.78 is 9.54. The molecule has 0 bridgehead atoms. The summed E-state index contributed by atoms with van der Waals surface area (Å²) >= 11 is 0. The van der Waals surface area contributed by atoms with Gasteiger partial charge in [-0.2, -0.15) is 0 Å². The molecule has 0 aromatic heterocycles. The number of hydrogen-bond donors (Lipinski definition) is 0. The van der Waals surface area contributed by atoms with Crippen molar-refractivity contribution in [1.82, 2.24) is 4.90 Å². The van der Waals surface area contributed by atoms with E-state index < -0.39 is 5.97 Å². The third kappa shape index (κ3) is 8.96. The van der Waals surface area contributed by atoms with Gasteiger partial charge in [-0.15, -0.1) is 0 Å². The molecule has 0 unspecified atom stereocenters. The van der Waals surface area contributed by atoms with Crippen molar-refractivity contribution in [2.24, 2.45) is 0 Å². The van der Waals surface area contributed by atoms with Crippen LogP contribution in [0.2, 0.25) is 0 Å². The summed E-state index contributed by atoms with van der Waals surface area (Å²) in [5, 5.41) is 0. The minimum atomic E-state index is -0.427. The van der Waals surface area contributed by atoms with Crippen LogP contribution in [-0.4, -0.2) is 50.2 Å². The van der Waals surface area contributed by atoms with E-state index in [4.69, 9.17) is 9.47 Å². The van der Waals surface area contributed by atoms with Crippen LogP contribution in [0.3, 0.4) is 0 Å². The lowest BCUT2D eigenvalue weighted by atomic mass is 10.5. The fraction of sp³-hybridized carbons (Fsp3) is 0.600. The minimum Gasteiger partial charge on any atom is -0.465 e. The Bertz CT molecular complexity index is 227. The number of carbonyl (C=O) groups excluding carboxylic acids is 2. The summed E-state index contributed by atoms with van der Waals surface area (Å²) in [5.41, 5.74) is 0. The first kappa shape index (κ1) is 13.6. The van der Waals surface area contributed by atoms with E-state index in [0.717, 1.165) is 6.08 Å². The Morgan fingerprint density at radius 3 is 2.27 bits per heavy atom. The number of nitrogens with zero attached hydrogens (tertiary/aromatic N) is 1. The summed E-state index contributed by atoms with van der Waals surface area (Å²) in [6, 6.07) is 0. The zero-order valence-corrected chi connectivity index (χ0v) is 9.19. The molecule has 86 valence electrons. The number of carbonyl (C=O) groups is 2. The molecule has 0 aliphatic carbocycles. The Kier molecular flexibility index (Phi) is 7.27. The maximum absolute atomic E-state index is 10.7. The number of ether oxygens (including phenoxy) is 2. The summed E-state index contributed by atoms with van der Waals surface area (Å²) in [5.74, 6) is -0.718. The van der Waals surface area contributed by atoms with Crippen molar-refractivity contribution in [2.45, 2.75) is 6.92 Å². The van der Waals surface area contributed by atoms with E-state index in [1.165, 1.54) is 6.92 Å². The molecule has 0 spiro atoms. The molecule has 0 N–H and O–H groups in total. The molecule has 0 aromatic rings. The molecule has 0 aliphatic rings. The Hall–Kier alpha value is -1.36. The van der Waals surface area contributed by atoms with E-state index in [0.29, 0.717) is 26.3 Å². The maximum atomic E-state index is 10.7. The van der Waals surface area contributed by atoms with Crippen molar-refractivity contribution >= 4 is 11.9 Å². The lowest BCUT2D eigenvalue weighted by molar-refractivity contribution is -0.141. The molecule has 0 atom stereocenters. The first-order valence-electron chi connectivity index (χ1n) is 4.67. The van der Waals surface area contributed by atoms with Crippen LogP contribution < -0.4 is 0 Å². The van der Waals surface area contributed by atoms with E-state index in [-0.39, 0.29) is 5.97 Å². The average molecular weight is 215 g/mol. The highest BCUT2D eigenvalue weighted by Gasteiger charge is 2.01. The van der Waals surface area contributed by atoms with Gasteiger partial charge in [-0.1, -0.05) is 6.58 Å². The van der Waals surface area contributed by atoms with Crippen LogP contribution in [0.4, 0.5) is 0 Å². The highest BCUT2D eigenvalue weighted by atomic mass is 16.5. The van der Waals surface area contributed by atoms with Gasteiger partial charge in [0.15, 0.2) is 0 Å². The van der Waals surface area contributed by atoms with Gasteiger partial charge in [0.2, 0.25) is 0 Å². The molecule has 0 rings (SSSR count). The first-order chi connectivity index (χ1) is 7.06. The number of likely N-dealkylation sites (N-methyl/N-ethyl adjacent to an activating group) is 1. The second-order valence-electron chi connectivity index (χ2n) is 3.01. The van der Waals surface area contributed by atoms with Crippen molar-refractivity contribution in [3.05, 3.63) is 12.7 Å². The number of hydrogen-bond acceptors (Lipinski definition) is 5. The smallest absolute Gasteiger partial charge is 0.330 e. The van der Waals surface area contributed by atoms with Crippen molar-refractivity contribution in [3.63, 3.8) is 0 Å². The lowest BCUT2D eigenvalue weighted by Crippen LogP contribution is -2.28. The molecular formula is C10H17NO4. The zero-order chi connectivity index (χ0) is 11.7. The Morgan fingerprint density at radius 1 is 1.27 bits per heavy atom. The molecular weight excluding hydrogens is 198 g/mol. The van der Waals surface area contributed by atoms with E-state index in [2.05, 4.69) is 6.58 Å². The van der Waals surface area contributed by atoms with Gasteiger partial charge in [0, 0.05) is 26.1 Å². The van der Waals surface area contributed by atoms with Crippen molar-refractivity contribution in [1.29, 1.82) is 0 Å². The first-order valence-corrected chi connectivity index (χ1v) is 4.67. The van der Waals surface area contributed by atoms with E-state index in [1.807, 2.05) is 11.9 Å². The fourth-order valence-electron chi connectivity index (χ4n) is 0.818. The summed E-state index contributed by atoms with van der Waals surface area (Å²) in [6.07, 6.45) is 1.12. The van der Waals surface area contributed by atoms with Gasteiger partial charge in [0.25, 0.3) is 0 Å². The van der Waals surface area contributed by atoms with Crippen molar-refractivity contribution in [3.8, 4) is 0 Å². The molecule has 0 amide bonds. The van der Waals surface area contributed by atoms with Crippen LogP contribution in [-0.2, 0) is 19.1 Å². The predicted octanol–water partition coefficient (Wildman–Crippen LogP) is 0.210. The topological polar surface area (TPSA) is 55.8 Å². The van der Waals surface area contributed by atoms with E-state index in [9.17, 15) is 9.59 Å². The van der Waals surface area contributed by atoms with Gasteiger partial charge in [-0.25, -0.2) is 4.79 Å². The molecule has 0 aromatic carbocycles. The van der Waals surface area contributed by atoms with Crippen LogP contribution in [0.25, 0.3) is 0 Å². The molecule has 0 saturated carbocycles. The van der Waals surface area contributed by atoms with Gasteiger partial charge >= 0.3 is 11.9 Å². The normalized spacial score (nSPS) is 9.80. The molecule has 0 saturated heterocycles. The highest BCUT2D eigenvalue weighted by molar-refractivity contribution is 5.81. The zero-order valence-electron chi connectivity index (χ0n) is 9.19. The third-order valence-corrected chi connectivity index (χ3v) is 1.66. The fourth-order valence-corrected chi connectivity index (χ4v) is 0.818. The van der Waals surface area contributed by atoms with Crippen LogP contribution in [0.15, 0.2) is 12.7 Å². The van der Waals surface area contributed by atoms with Gasteiger partial charge in [-0.3, -0.25) is 9.69 Å². The number of esters is 2. The van der Waals surface area contributed by atoms with Crippen molar-refractivity contribution < 1.29 is 19.1 Å². The molecule has 0 heterocycles. The molecule has 0 fully saturated rings. The molecule has 5 nitrogen and oxygen atoms in total. The van der Waals surface area contributed by atoms with E-state index >= 15 is 0 Å². The summed E-state index contributed by atoms with van der Waals surface area (Å²) in [7, 11) is 1.85. The second kappa shape index (κ2) is 7.99. The van der Waals surface area contributed by atoms with Gasteiger partial charge in [0.05, 0.1) is 0 Å². The number of rotatable bonds is 7. The molecule has 15 heavy (non-hydrogen) atoms. The Balaban J connectivity index is 3.40. The van der Waals surface area contributed by atoms with Crippen LogP contribution in [0.5, 0.6) is 0 Å². The Labute approximate surface area is 89.6 Å². The quantitative estimate of drug-likeness (QED) is 0.449. The highest BCUT2D eigenvalue weighted by Crippen LogP contribution is 1.86. The lowest BCUT2D eigenvalue weighted by Gasteiger charge is -2.15. The predicted molar refractivity (Wildman–Crippen MR) is 55.3 cm³/mol. The Morgan fingerprint density at radius 2 is 1.80 bits per heavy atom. The molecule has 0 radical (unpaired) electrons. The third-order valence-electron chi connectivity index (χ3n) is 1.66. The van der Waals surface area contributed by atoms with Crippen LogP contribution in [0, 0.1) is 0 Å². The minimum absolute atomic E-state index is 0.290. The largest absolute Gasteiger partial charge is 0.465 e. The second-order valence-corrected chi connectivity index (χ2v) is 3.01. The SMILES string of the molecule is C=CC(=O)OCCN(C)CCOC(C)=O. The summed E-state index contributed by atoms with van der Waals surface area (Å²) in [6.45, 7) is 6.52. The standard InChI is InChI=1S/C10H17NO4/c1-4-10(13)15-8-6-11(3)5-7-14-9(2)12/h4H,1,5-8H2,2-3H3. The monoisotopic (exact) mass is 215 g/mol. The molecule has 0 aliphatic heterocycles. The van der Waals surface area contributed by atoms with Gasteiger partial charge in [0.1, 0.15) is 13.2 Å². The van der Waals surface area contributed by atoms with E-state index in [1.54, 1.807) is 0 Å². The van der Waals surface area contributed by atoms with Crippen molar-refractivity contribution in [2.75, 3.05) is 33.4 Å². The van der Waals surface area contributed by atoms with Gasteiger partial charge < -0.3 is 9.47 Å². The van der Waals surface area contributed by atoms with Crippen LogP contribution >= 0.6 is 0 Å². The van der Waals surface area contributed by atoms with Gasteiger partial charge in [-0.05, 0) is 7.05 Å². The van der Waals surface area contributed by atoms with Crippen LogP contribution in [0.1, 0.15) is 6.92 Å². The maximum Gasteiger partial charge on any atom is 0.330 e. The average Bonchev–Trinajstić information content (AvgIpc) is 2.17. The molecule has 5 heteroatoms. The summed E-state index contributed by atoms with van der Waals surface area (Å²) in [4.78, 5) is 23.0.